The predicted octanol–water partition coefficient (Wildman–Crippen LogP) is 4.79. The topological polar surface area (TPSA) is 21.3 Å². The smallest absolute Gasteiger partial charge is 0.340 e. The maximum atomic E-state index is 13.0. The van der Waals surface area contributed by atoms with Crippen LogP contribution in [0.1, 0.15) is 31.9 Å². The van der Waals surface area contributed by atoms with Gasteiger partial charge in [0.1, 0.15) is 5.75 Å². The number of halogens is 5. The predicted molar refractivity (Wildman–Crippen MR) is 77.3 cm³/mol. The highest BCUT2D eigenvalue weighted by atomic mass is 79.9. The SMILES string of the molecule is CCCNC(C)c1ccc(Br)cc1OCC(F)(F)C(F)F. The summed E-state index contributed by atoms with van der Waals surface area (Å²) >= 11 is 3.21. The third-order valence-corrected chi connectivity index (χ3v) is 3.38. The Morgan fingerprint density at radius 3 is 2.57 bits per heavy atom. The molecular formula is C14H18BrF4NO. The number of hydrogen-bond donors (Lipinski definition) is 1. The number of benzene rings is 1. The molecule has 1 aromatic rings. The van der Waals surface area contributed by atoms with Gasteiger partial charge in [-0.25, -0.2) is 8.78 Å². The van der Waals surface area contributed by atoms with Crippen molar-refractivity contribution >= 4 is 15.9 Å². The number of nitrogens with one attached hydrogen (secondary N) is 1. The maximum absolute atomic E-state index is 13.0. The zero-order valence-corrected chi connectivity index (χ0v) is 13.4. The fourth-order valence-electron chi connectivity index (χ4n) is 1.70. The lowest BCUT2D eigenvalue weighted by Crippen LogP contribution is -2.34. The van der Waals surface area contributed by atoms with Gasteiger partial charge in [-0.1, -0.05) is 28.9 Å². The van der Waals surface area contributed by atoms with Crippen molar-refractivity contribution in [2.24, 2.45) is 0 Å². The second-order valence-corrected chi connectivity index (χ2v) is 5.62. The quantitative estimate of drug-likeness (QED) is 0.663. The molecule has 0 saturated carbocycles. The lowest BCUT2D eigenvalue weighted by atomic mass is 10.1. The van der Waals surface area contributed by atoms with Crippen molar-refractivity contribution in [2.45, 2.75) is 38.7 Å². The number of hydrogen-bond acceptors (Lipinski definition) is 2. The van der Waals surface area contributed by atoms with Crippen LogP contribution in [0.25, 0.3) is 0 Å². The normalized spacial score (nSPS) is 13.5. The summed E-state index contributed by atoms with van der Waals surface area (Å²) in [6.45, 7) is 3.26. The molecule has 1 aromatic carbocycles. The minimum atomic E-state index is -4.17. The Kier molecular flexibility index (Phi) is 6.93. The lowest BCUT2D eigenvalue weighted by molar-refractivity contribution is -0.148. The fourth-order valence-corrected chi connectivity index (χ4v) is 2.04. The van der Waals surface area contributed by atoms with Gasteiger partial charge in [-0.15, -0.1) is 0 Å². The maximum Gasteiger partial charge on any atom is 0.340 e. The van der Waals surface area contributed by atoms with E-state index in [1.807, 2.05) is 13.8 Å². The fraction of sp³-hybridized carbons (Fsp3) is 0.571. The Balaban J connectivity index is 2.87. The first kappa shape index (κ1) is 18.2. The largest absolute Gasteiger partial charge is 0.487 e. The molecule has 0 aromatic heterocycles. The summed E-state index contributed by atoms with van der Waals surface area (Å²) in [5, 5.41) is 3.20. The molecule has 0 saturated heterocycles. The van der Waals surface area contributed by atoms with Gasteiger partial charge >= 0.3 is 12.3 Å². The van der Waals surface area contributed by atoms with Crippen molar-refractivity contribution in [1.29, 1.82) is 0 Å². The van der Waals surface area contributed by atoms with Crippen molar-refractivity contribution in [2.75, 3.05) is 13.2 Å². The Morgan fingerprint density at radius 2 is 2.00 bits per heavy atom. The van der Waals surface area contributed by atoms with Crippen molar-refractivity contribution < 1.29 is 22.3 Å². The summed E-state index contributed by atoms with van der Waals surface area (Å²) in [6, 6.07) is 4.83. The molecule has 0 aliphatic rings. The molecule has 0 aliphatic heterocycles. The van der Waals surface area contributed by atoms with Crippen LogP contribution in [0.3, 0.4) is 0 Å². The molecule has 0 radical (unpaired) electrons. The average Bonchev–Trinajstić information content (AvgIpc) is 2.42. The number of ether oxygens (including phenoxy) is 1. The summed E-state index contributed by atoms with van der Waals surface area (Å²) in [5.41, 5.74) is 0.650. The molecule has 0 fully saturated rings. The molecule has 0 heterocycles. The van der Waals surface area contributed by atoms with Gasteiger partial charge in [0.25, 0.3) is 0 Å². The van der Waals surface area contributed by atoms with Gasteiger partial charge in [0.15, 0.2) is 6.61 Å². The molecule has 0 bridgehead atoms. The standard InChI is InChI=1S/C14H18BrF4NO/c1-3-6-20-9(2)11-5-4-10(15)7-12(11)21-8-14(18,19)13(16)17/h4-5,7,9,13,20H,3,6,8H2,1-2H3. The van der Waals surface area contributed by atoms with E-state index in [2.05, 4.69) is 21.2 Å². The van der Waals surface area contributed by atoms with Crippen LogP contribution in [0.5, 0.6) is 5.75 Å². The number of rotatable bonds is 8. The summed E-state index contributed by atoms with van der Waals surface area (Å²) in [6.07, 6.45) is -2.83. The molecule has 0 spiro atoms. The third-order valence-electron chi connectivity index (χ3n) is 2.88. The van der Waals surface area contributed by atoms with E-state index in [4.69, 9.17) is 4.74 Å². The first-order valence-electron chi connectivity index (χ1n) is 6.59. The van der Waals surface area contributed by atoms with Crippen LogP contribution in [-0.2, 0) is 0 Å². The summed E-state index contributed by atoms with van der Waals surface area (Å²) in [7, 11) is 0. The van der Waals surface area contributed by atoms with E-state index in [0.29, 0.717) is 10.0 Å². The van der Waals surface area contributed by atoms with Crippen LogP contribution in [0, 0.1) is 0 Å². The summed E-state index contributed by atoms with van der Waals surface area (Å²) in [4.78, 5) is 0. The zero-order valence-electron chi connectivity index (χ0n) is 11.8. The van der Waals surface area contributed by atoms with Crippen molar-refractivity contribution in [1.82, 2.24) is 5.32 Å². The van der Waals surface area contributed by atoms with E-state index in [-0.39, 0.29) is 11.8 Å². The van der Waals surface area contributed by atoms with Gasteiger partial charge in [-0.05, 0) is 32.0 Å². The second kappa shape index (κ2) is 7.98. The molecular weight excluding hydrogens is 354 g/mol. The highest BCUT2D eigenvalue weighted by Crippen LogP contribution is 2.31. The Hall–Kier alpha value is -0.820. The van der Waals surface area contributed by atoms with Crippen LogP contribution >= 0.6 is 15.9 Å². The van der Waals surface area contributed by atoms with E-state index in [1.165, 1.54) is 6.07 Å². The van der Waals surface area contributed by atoms with Crippen LogP contribution in [-0.4, -0.2) is 25.5 Å². The molecule has 120 valence electrons. The number of alkyl halides is 4. The van der Waals surface area contributed by atoms with Gasteiger partial charge in [0, 0.05) is 16.1 Å². The van der Waals surface area contributed by atoms with Crippen LogP contribution in [0.15, 0.2) is 22.7 Å². The zero-order chi connectivity index (χ0) is 16.0. The molecule has 0 aliphatic carbocycles. The summed E-state index contributed by atoms with van der Waals surface area (Å²) < 4.78 is 55.8. The highest BCUT2D eigenvalue weighted by molar-refractivity contribution is 9.10. The first-order chi connectivity index (χ1) is 9.77. The molecule has 21 heavy (non-hydrogen) atoms. The van der Waals surface area contributed by atoms with Crippen LogP contribution in [0.2, 0.25) is 0 Å². The second-order valence-electron chi connectivity index (χ2n) is 4.71. The van der Waals surface area contributed by atoms with Gasteiger partial charge in [0.2, 0.25) is 0 Å². The van der Waals surface area contributed by atoms with Crippen molar-refractivity contribution in [3.05, 3.63) is 28.2 Å². The highest BCUT2D eigenvalue weighted by Gasteiger charge is 2.41. The lowest BCUT2D eigenvalue weighted by Gasteiger charge is -2.21. The van der Waals surface area contributed by atoms with E-state index >= 15 is 0 Å². The van der Waals surface area contributed by atoms with Gasteiger partial charge in [-0.3, -0.25) is 0 Å². The van der Waals surface area contributed by atoms with Crippen LogP contribution in [0.4, 0.5) is 17.6 Å². The molecule has 1 rings (SSSR count). The van der Waals surface area contributed by atoms with E-state index in [1.54, 1.807) is 12.1 Å². The monoisotopic (exact) mass is 371 g/mol. The summed E-state index contributed by atoms with van der Waals surface area (Å²) in [5.74, 6) is -4.00. The third kappa shape index (κ3) is 5.47. The Labute approximate surface area is 130 Å². The molecule has 2 nitrogen and oxygen atoms in total. The van der Waals surface area contributed by atoms with E-state index in [9.17, 15) is 17.6 Å². The van der Waals surface area contributed by atoms with Crippen molar-refractivity contribution in [3.63, 3.8) is 0 Å². The molecule has 7 heteroatoms. The Morgan fingerprint density at radius 1 is 1.33 bits per heavy atom. The van der Waals surface area contributed by atoms with Gasteiger partial charge in [0.05, 0.1) is 0 Å². The average molecular weight is 372 g/mol. The van der Waals surface area contributed by atoms with Crippen molar-refractivity contribution in [3.8, 4) is 5.75 Å². The molecule has 0 amide bonds. The molecule has 1 N–H and O–H groups in total. The molecule has 1 unspecified atom stereocenters. The minimum absolute atomic E-state index is 0.131. The van der Waals surface area contributed by atoms with Gasteiger partial charge < -0.3 is 10.1 Å². The van der Waals surface area contributed by atoms with E-state index < -0.39 is 19.0 Å². The van der Waals surface area contributed by atoms with E-state index in [0.717, 1.165) is 13.0 Å². The molecule has 1 atom stereocenters. The van der Waals surface area contributed by atoms with Gasteiger partial charge in [-0.2, -0.15) is 8.78 Å². The minimum Gasteiger partial charge on any atom is -0.487 e. The first-order valence-corrected chi connectivity index (χ1v) is 7.38. The van der Waals surface area contributed by atoms with Crippen LogP contribution < -0.4 is 10.1 Å². The Bertz CT molecular complexity index is 457.